The second-order valence-electron chi connectivity index (χ2n) is 4.59. The lowest BCUT2D eigenvalue weighted by molar-refractivity contribution is 0.0831. The third-order valence-corrected chi connectivity index (χ3v) is 3.19. The lowest BCUT2D eigenvalue weighted by atomic mass is 10.2. The number of furan rings is 1. The fourth-order valence-corrected chi connectivity index (χ4v) is 2.10. The number of H-pyrrole nitrogens is 1. The molecule has 106 valence electrons. The van der Waals surface area contributed by atoms with Crippen molar-refractivity contribution in [3.05, 3.63) is 59.7 Å². The van der Waals surface area contributed by atoms with Gasteiger partial charge in [-0.3, -0.25) is 20.4 Å². The highest BCUT2D eigenvalue weighted by atomic mass is 16.3. The standard InChI is InChI=1S/C15H13N3O3/c1-9-6-7-21-13(9)15(20)18-17-14(19)11-8-16-12-5-3-2-4-10(11)12/h2-8,16H,1H3,(H,17,19)(H,18,20). The Kier molecular flexibility index (Phi) is 3.19. The van der Waals surface area contributed by atoms with Crippen LogP contribution < -0.4 is 10.9 Å². The first-order valence-corrected chi connectivity index (χ1v) is 6.37. The summed E-state index contributed by atoms with van der Waals surface area (Å²) in [4.78, 5) is 26.9. The van der Waals surface area contributed by atoms with Crippen LogP contribution in [0.4, 0.5) is 0 Å². The highest BCUT2D eigenvalue weighted by Gasteiger charge is 2.15. The number of aromatic nitrogens is 1. The average molecular weight is 283 g/mol. The van der Waals surface area contributed by atoms with Crippen LogP contribution in [0.2, 0.25) is 0 Å². The van der Waals surface area contributed by atoms with Gasteiger partial charge in [0.05, 0.1) is 11.8 Å². The van der Waals surface area contributed by atoms with Crippen molar-refractivity contribution in [2.24, 2.45) is 0 Å². The van der Waals surface area contributed by atoms with Gasteiger partial charge in [0, 0.05) is 22.7 Å². The van der Waals surface area contributed by atoms with E-state index >= 15 is 0 Å². The van der Waals surface area contributed by atoms with Crippen LogP contribution in [0.3, 0.4) is 0 Å². The zero-order valence-electron chi connectivity index (χ0n) is 11.3. The van der Waals surface area contributed by atoms with Crippen molar-refractivity contribution in [1.82, 2.24) is 15.8 Å². The molecule has 2 aromatic heterocycles. The number of carbonyl (C=O) groups is 2. The fourth-order valence-electron chi connectivity index (χ4n) is 2.10. The first-order chi connectivity index (χ1) is 10.2. The highest BCUT2D eigenvalue weighted by molar-refractivity contribution is 6.07. The number of fused-ring (bicyclic) bond motifs is 1. The largest absolute Gasteiger partial charge is 0.459 e. The molecule has 0 saturated carbocycles. The maximum absolute atomic E-state index is 12.1. The van der Waals surface area contributed by atoms with E-state index in [1.54, 1.807) is 19.2 Å². The molecule has 6 nitrogen and oxygen atoms in total. The van der Waals surface area contributed by atoms with Crippen LogP contribution in [0.25, 0.3) is 10.9 Å². The number of nitrogens with one attached hydrogen (secondary N) is 3. The number of benzene rings is 1. The van der Waals surface area contributed by atoms with Gasteiger partial charge < -0.3 is 9.40 Å². The summed E-state index contributed by atoms with van der Waals surface area (Å²) in [6.07, 6.45) is 3.02. The van der Waals surface area contributed by atoms with E-state index in [-0.39, 0.29) is 5.76 Å². The lowest BCUT2D eigenvalue weighted by Crippen LogP contribution is -2.41. The summed E-state index contributed by atoms with van der Waals surface area (Å²) in [5.74, 6) is -0.718. The van der Waals surface area contributed by atoms with E-state index in [9.17, 15) is 9.59 Å². The molecule has 3 N–H and O–H groups in total. The Morgan fingerprint density at radius 3 is 2.62 bits per heavy atom. The number of para-hydroxylation sites is 1. The summed E-state index contributed by atoms with van der Waals surface area (Å²) >= 11 is 0. The summed E-state index contributed by atoms with van der Waals surface area (Å²) in [5.41, 5.74) is 6.73. The number of aromatic amines is 1. The molecule has 0 radical (unpaired) electrons. The van der Waals surface area contributed by atoms with E-state index in [4.69, 9.17) is 4.42 Å². The zero-order valence-corrected chi connectivity index (χ0v) is 11.3. The SMILES string of the molecule is Cc1ccoc1C(=O)NNC(=O)c1c[nH]c2ccccc12. The van der Waals surface area contributed by atoms with Crippen LogP contribution >= 0.6 is 0 Å². The smallest absolute Gasteiger partial charge is 0.305 e. The molecule has 0 unspecified atom stereocenters. The molecule has 0 aliphatic rings. The van der Waals surface area contributed by atoms with Crippen LogP contribution in [0.1, 0.15) is 26.5 Å². The van der Waals surface area contributed by atoms with Gasteiger partial charge in [-0.05, 0) is 19.1 Å². The summed E-state index contributed by atoms with van der Waals surface area (Å²) < 4.78 is 5.05. The third-order valence-electron chi connectivity index (χ3n) is 3.19. The van der Waals surface area contributed by atoms with Crippen LogP contribution in [-0.4, -0.2) is 16.8 Å². The first-order valence-electron chi connectivity index (χ1n) is 6.37. The first kappa shape index (κ1) is 13.0. The monoisotopic (exact) mass is 283 g/mol. The third kappa shape index (κ3) is 2.38. The summed E-state index contributed by atoms with van der Waals surface area (Å²) in [5, 5.41) is 0.790. The van der Waals surface area contributed by atoms with Gasteiger partial charge >= 0.3 is 5.91 Å². The predicted octanol–water partition coefficient (Wildman–Crippen LogP) is 2.14. The lowest BCUT2D eigenvalue weighted by Gasteiger charge is -2.05. The normalized spacial score (nSPS) is 10.5. The molecule has 0 fully saturated rings. The molecule has 0 atom stereocenters. The molecule has 0 bridgehead atoms. The Hall–Kier alpha value is -3.02. The zero-order chi connectivity index (χ0) is 14.8. The van der Waals surface area contributed by atoms with E-state index in [0.29, 0.717) is 11.1 Å². The van der Waals surface area contributed by atoms with Crippen molar-refractivity contribution in [2.75, 3.05) is 0 Å². The van der Waals surface area contributed by atoms with Crippen LogP contribution in [-0.2, 0) is 0 Å². The number of hydrazine groups is 1. The second-order valence-corrected chi connectivity index (χ2v) is 4.59. The Morgan fingerprint density at radius 1 is 1.10 bits per heavy atom. The van der Waals surface area contributed by atoms with Crippen LogP contribution in [0, 0.1) is 6.92 Å². The van der Waals surface area contributed by atoms with Crippen molar-refractivity contribution in [3.63, 3.8) is 0 Å². The molecule has 0 aliphatic heterocycles. The van der Waals surface area contributed by atoms with Crippen molar-refractivity contribution >= 4 is 22.7 Å². The quantitative estimate of drug-likeness (QED) is 0.630. The minimum atomic E-state index is -0.495. The van der Waals surface area contributed by atoms with Gasteiger partial charge in [0.1, 0.15) is 0 Å². The van der Waals surface area contributed by atoms with E-state index in [1.165, 1.54) is 6.26 Å². The molecule has 0 aliphatic carbocycles. The fraction of sp³-hybridized carbons (Fsp3) is 0.0667. The maximum Gasteiger partial charge on any atom is 0.305 e. The number of amides is 2. The van der Waals surface area contributed by atoms with Gasteiger partial charge in [-0.1, -0.05) is 18.2 Å². The van der Waals surface area contributed by atoms with Crippen molar-refractivity contribution in [2.45, 2.75) is 6.92 Å². The maximum atomic E-state index is 12.1. The summed E-state index contributed by atoms with van der Waals surface area (Å²) in [6, 6.07) is 9.10. The number of hydrogen-bond acceptors (Lipinski definition) is 3. The topological polar surface area (TPSA) is 87.1 Å². The van der Waals surface area contributed by atoms with Gasteiger partial charge in [0.15, 0.2) is 5.76 Å². The summed E-state index contributed by atoms with van der Waals surface area (Å²) in [7, 11) is 0. The van der Waals surface area contributed by atoms with Crippen molar-refractivity contribution < 1.29 is 14.0 Å². The Labute approximate surface area is 120 Å². The molecule has 2 amide bonds. The minimum Gasteiger partial charge on any atom is -0.459 e. The molecule has 3 aromatic rings. The Balaban J connectivity index is 1.72. The van der Waals surface area contributed by atoms with Gasteiger partial charge in [0.25, 0.3) is 5.91 Å². The van der Waals surface area contributed by atoms with Crippen LogP contribution in [0.15, 0.2) is 47.2 Å². The molecule has 0 spiro atoms. The van der Waals surface area contributed by atoms with E-state index in [1.807, 2.05) is 24.3 Å². The highest BCUT2D eigenvalue weighted by Crippen LogP contribution is 2.17. The second kappa shape index (κ2) is 5.16. The van der Waals surface area contributed by atoms with E-state index in [0.717, 1.165) is 10.9 Å². The molecule has 3 rings (SSSR count). The van der Waals surface area contributed by atoms with Crippen molar-refractivity contribution in [1.29, 1.82) is 0 Å². The van der Waals surface area contributed by atoms with Gasteiger partial charge in [0.2, 0.25) is 0 Å². The van der Waals surface area contributed by atoms with Crippen molar-refractivity contribution in [3.8, 4) is 0 Å². The number of rotatable bonds is 2. The van der Waals surface area contributed by atoms with Crippen LogP contribution in [0.5, 0.6) is 0 Å². The minimum absolute atomic E-state index is 0.175. The van der Waals surface area contributed by atoms with Gasteiger partial charge in [-0.25, -0.2) is 0 Å². The molecular weight excluding hydrogens is 270 g/mol. The van der Waals surface area contributed by atoms with E-state index in [2.05, 4.69) is 15.8 Å². The molecule has 6 heteroatoms. The van der Waals surface area contributed by atoms with E-state index < -0.39 is 11.8 Å². The number of hydrogen-bond donors (Lipinski definition) is 3. The average Bonchev–Trinajstić information content (AvgIpc) is 3.10. The van der Waals surface area contributed by atoms with Gasteiger partial charge in [-0.2, -0.15) is 0 Å². The number of aryl methyl sites for hydroxylation is 1. The summed E-state index contributed by atoms with van der Waals surface area (Å²) in [6.45, 7) is 1.75. The molecule has 1 aromatic carbocycles. The predicted molar refractivity (Wildman–Crippen MR) is 76.7 cm³/mol. The Morgan fingerprint density at radius 2 is 1.86 bits per heavy atom. The molecular formula is C15H13N3O3. The molecule has 2 heterocycles. The van der Waals surface area contributed by atoms with Gasteiger partial charge in [-0.15, -0.1) is 0 Å². The molecule has 21 heavy (non-hydrogen) atoms. The Bertz CT molecular complexity index is 816. The number of carbonyl (C=O) groups excluding carboxylic acids is 2. The molecule has 0 saturated heterocycles.